The van der Waals surface area contributed by atoms with E-state index in [1.807, 2.05) is 0 Å². The lowest BCUT2D eigenvalue weighted by Crippen LogP contribution is -2.50. The van der Waals surface area contributed by atoms with E-state index in [1.54, 1.807) is 0 Å². The van der Waals surface area contributed by atoms with Gasteiger partial charge in [0.1, 0.15) is 0 Å². The van der Waals surface area contributed by atoms with Gasteiger partial charge in [-0.2, -0.15) is 8.78 Å². The molecule has 0 amide bonds. The van der Waals surface area contributed by atoms with E-state index < -0.39 is 28.2 Å². The molecule has 2 rings (SSSR count). The number of hydrogen-bond acceptors (Lipinski definition) is 4. The summed E-state index contributed by atoms with van der Waals surface area (Å²) < 4.78 is 67.5. The lowest BCUT2D eigenvalue weighted by molar-refractivity contribution is -0.0522. The molecule has 1 fully saturated rings. The van der Waals surface area contributed by atoms with Crippen LogP contribution in [0.5, 0.6) is 5.75 Å². The van der Waals surface area contributed by atoms with Crippen LogP contribution in [0.25, 0.3) is 0 Å². The maximum Gasteiger partial charge on any atom is 0.387 e. The Morgan fingerprint density at radius 3 is 2.43 bits per heavy atom. The van der Waals surface area contributed by atoms with Crippen molar-refractivity contribution in [2.45, 2.75) is 36.4 Å². The van der Waals surface area contributed by atoms with E-state index in [9.17, 15) is 21.6 Å². The zero-order valence-corrected chi connectivity index (χ0v) is 12.3. The van der Waals surface area contributed by atoms with Gasteiger partial charge in [-0.15, -0.1) is 12.4 Å². The average Bonchev–Trinajstić information content (AvgIpc) is 2.29. The third kappa shape index (κ3) is 4.47. The predicted molar refractivity (Wildman–Crippen MR) is 71.6 cm³/mol. The summed E-state index contributed by atoms with van der Waals surface area (Å²) in [6.07, 6.45) is 1.02. The van der Waals surface area contributed by atoms with Gasteiger partial charge in [-0.3, -0.25) is 0 Å². The Balaban J connectivity index is 0.00000220. The molecule has 3 N–H and O–H groups in total. The van der Waals surface area contributed by atoms with Gasteiger partial charge in [-0.1, -0.05) is 0 Å². The number of alkyl halides is 2. The van der Waals surface area contributed by atoms with Crippen molar-refractivity contribution in [2.24, 2.45) is 5.73 Å². The molecule has 120 valence electrons. The Kier molecular flexibility index (Phi) is 5.85. The van der Waals surface area contributed by atoms with Crippen LogP contribution in [0.1, 0.15) is 12.8 Å². The summed E-state index contributed by atoms with van der Waals surface area (Å²) in [5.74, 6) is -1.87. The molecule has 5 nitrogen and oxygen atoms in total. The van der Waals surface area contributed by atoms with Crippen molar-refractivity contribution in [3.05, 3.63) is 24.0 Å². The molecule has 10 heteroatoms. The molecule has 0 radical (unpaired) electrons. The summed E-state index contributed by atoms with van der Waals surface area (Å²) >= 11 is 0. The van der Waals surface area contributed by atoms with E-state index in [0.29, 0.717) is 18.9 Å². The lowest BCUT2D eigenvalue weighted by atomic mass is 9.89. The van der Waals surface area contributed by atoms with Crippen molar-refractivity contribution in [1.82, 2.24) is 4.72 Å². The molecule has 1 aromatic rings. The highest BCUT2D eigenvalue weighted by Crippen LogP contribution is 2.24. The Morgan fingerprint density at radius 1 is 1.33 bits per heavy atom. The fourth-order valence-corrected chi connectivity index (χ4v) is 3.16. The molecule has 0 atom stereocenters. The first kappa shape index (κ1) is 18.0. The van der Waals surface area contributed by atoms with E-state index in [0.717, 1.165) is 12.1 Å². The van der Waals surface area contributed by atoms with E-state index in [2.05, 4.69) is 9.46 Å². The van der Waals surface area contributed by atoms with Gasteiger partial charge in [-0.05, 0) is 31.0 Å². The molecular weight excluding hydrogens is 333 g/mol. The van der Waals surface area contributed by atoms with Crippen LogP contribution in [0.2, 0.25) is 0 Å². The van der Waals surface area contributed by atoms with Crippen molar-refractivity contribution in [3.63, 3.8) is 0 Å². The van der Waals surface area contributed by atoms with Gasteiger partial charge in [0.25, 0.3) is 0 Å². The van der Waals surface area contributed by atoms with Crippen LogP contribution in [-0.2, 0) is 10.0 Å². The minimum absolute atomic E-state index is 0. The number of hydrogen-bond donors (Lipinski definition) is 2. The first-order chi connectivity index (χ1) is 9.28. The molecule has 0 aliphatic heterocycles. The van der Waals surface area contributed by atoms with Crippen LogP contribution >= 0.6 is 12.4 Å². The Labute approximate surface area is 126 Å². The Hall–Kier alpha value is -1.03. The van der Waals surface area contributed by atoms with Gasteiger partial charge >= 0.3 is 6.61 Å². The maximum absolute atomic E-state index is 13.5. The topological polar surface area (TPSA) is 81.4 Å². The summed E-state index contributed by atoms with van der Waals surface area (Å²) in [4.78, 5) is -0.350. The van der Waals surface area contributed by atoms with Gasteiger partial charge in [0.15, 0.2) is 11.6 Å². The van der Waals surface area contributed by atoms with Gasteiger partial charge in [0.2, 0.25) is 10.0 Å². The van der Waals surface area contributed by atoms with Crippen molar-refractivity contribution < 1.29 is 26.3 Å². The first-order valence-electron chi connectivity index (χ1n) is 5.80. The highest BCUT2D eigenvalue weighted by atomic mass is 35.5. The van der Waals surface area contributed by atoms with Crippen LogP contribution in [0, 0.1) is 5.82 Å². The molecule has 0 unspecified atom stereocenters. The standard InChI is InChI=1S/C11H13F3N2O3S.ClH/c12-9-5-8(1-2-10(9)19-11(13)14)20(17,18)16-7-3-6(15)4-7;/h1-2,5-7,11,16H,3-4,15H2;1H. The molecule has 0 bridgehead atoms. The Morgan fingerprint density at radius 2 is 1.95 bits per heavy atom. The van der Waals surface area contributed by atoms with E-state index in [4.69, 9.17) is 5.73 Å². The number of rotatable bonds is 5. The van der Waals surface area contributed by atoms with Crippen molar-refractivity contribution in [1.29, 1.82) is 0 Å². The van der Waals surface area contributed by atoms with Crippen molar-refractivity contribution in [3.8, 4) is 5.75 Å². The first-order valence-corrected chi connectivity index (χ1v) is 7.28. The molecule has 1 aliphatic carbocycles. The molecule has 21 heavy (non-hydrogen) atoms. The summed E-state index contributed by atoms with van der Waals surface area (Å²) in [5.41, 5.74) is 5.53. The quantitative estimate of drug-likeness (QED) is 0.849. The summed E-state index contributed by atoms with van der Waals surface area (Å²) in [5, 5.41) is 0. The molecule has 0 saturated heterocycles. The number of nitrogens with two attached hydrogens (primary N) is 1. The number of benzene rings is 1. The third-order valence-corrected chi connectivity index (χ3v) is 4.44. The molecule has 1 saturated carbocycles. The molecule has 1 aliphatic rings. The smallest absolute Gasteiger partial charge is 0.387 e. The number of sulfonamides is 1. The SMILES string of the molecule is Cl.NC1CC(NS(=O)(=O)c2ccc(OC(F)F)c(F)c2)C1. The Bertz CT molecular complexity index is 594. The average molecular weight is 347 g/mol. The van der Waals surface area contributed by atoms with Crippen molar-refractivity contribution in [2.75, 3.05) is 0 Å². The van der Waals surface area contributed by atoms with Gasteiger partial charge < -0.3 is 10.5 Å². The third-order valence-electron chi connectivity index (χ3n) is 2.93. The number of ether oxygens (including phenoxy) is 1. The normalized spacial score (nSPS) is 21.6. The molecule has 0 heterocycles. The summed E-state index contributed by atoms with van der Waals surface area (Å²) in [6.45, 7) is -3.18. The largest absolute Gasteiger partial charge is 0.432 e. The van der Waals surface area contributed by atoms with Gasteiger partial charge in [0.05, 0.1) is 4.90 Å². The van der Waals surface area contributed by atoms with Crippen LogP contribution in [0.15, 0.2) is 23.1 Å². The second-order valence-corrected chi connectivity index (χ2v) is 6.23. The number of halogens is 4. The van der Waals surface area contributed by atoms with Crippen molar-refractivity contribution >= 4 is 22.4 Å². The van der Waals surface area contributed by atoms with E-state index in [-0.39, 0.29) is 29.4 Å². The van der Waals surface area contributed by atoms with Crippen LogP contribution in [0.3, 0.4) is 0 Å². The number of nitrogens with one attached hydrogen (secondary N) is 1. The van der Waals surface area contributed by atoms with E-state index >= 15 is 0 Å². The van der Waals surface area contributed by atoms with Gasteiger partial charge in [-0.25, -0.2) is 17.5 Å². The molecule has 0 aromatic heterocycles. The molecule has 0 spiro atoms. The zero-order valence-electron chi connectivity index (χ0n) is 10.6. The van der Waals surface area contributed by atoms with Crippen LogP contribution in [-0.4, -0.2) is 27.1 Å². The fourth-order valence-electron chi connectivity index (χ4n) is 1.89. The highest BCUT2D eigenvalue weighted by Gasteiger charge is 2.30. The lowest BCUT2D eigenvalue weighted by Gasteiger charge is -2.32. The van der Waals surface area contributed by atoms with Gasteiger partial charge in [0, 0.05) is 12.1 Å². The second-order valence-electron chi connectivity index (χ2n) is 4.52. The molecular formula is C11H14ClF3N2O3S. The minimum Gasteiger partial charge on any atom is -0.432 e. The second kappa shape index (κ2) is 6.82. The highest BCUT2D eigenvalue weighted by molar-refractivity contribution is 7.89. The predicted octanol–water partition coefficient (Wildman–Crippen LogP) is 1.62. The minimum atomic E-state index is -3.90. The summed E-state index contributed by atoms with van der Waals surface area (Å²) in [6, 6.07) is 2.17. The summed E-state index contributed by atoms with van der Waals surface area (Å²) in [7, 11) is -3.90. The fraction of sp³-hybridized carbons (Fsp3) is 0.455. The van der Waals surface area contributed by atoms with Crippen LogP contribution < -0.4 is 15.2 Å². The monoisotopic (exact) mass is 346 g/mol. The molecule has 1 aromatic carbocycles. The zero-order chi connectivity index (χ0) is 14.9. The van der Waals surface area contributed by atoms with E-state index in [1.165, 1.54) is 0 Å². The van der Waals surface area contributed by atoms with Crippen LogP contribution in [0.4, 0.5) is 13.2 Å². The maximum atomic E-state index is 13.5.